The minimum Gasteiger partial charge on any atom is -0.478 e. The van der Waals surface area contributed by atoms with E-state index in [1.165, 1.54) is 0 Å². The molecule has 0 spiro atoms. The normalized spacial score (nSPS) is 9.31. The molecule has 0 heterocycles. The number of benzene rings is 1. The average molecular weight is 197 g/mol. The second kappa shape index (κ2) is 4.70. The number of hydrogen-bond acceptors (Lipinski definition) is 3. The largest absolute Gasteiger partial charge is 0.478 e. The molecule has 4 heteroatoms. The average Bonchev–Trinajstić information content (AvgIpc) is 2.15. The molecule has 0 amide bonds. The molecule has 1 aromatic carbocycles. The molecular formula is C9H9ClN2O. The summed E-state index contributed by atoms with van der Waals surface area (Å²) in [6, 6.07) is 7.12. The van der Waals surface area contributed by atoms with Crippen LogP contribution in [0, 0.1) is 11.3 Å². The molecule has 0 aromatic heterocycles. The fourth-order valence-corrected chi connectivity index (χ4v) is 1.23. The maximum absolute atomic E-state index is 8.32. The summed E-state index contributed by atoms with van der Waals surface area (Å²) in [5.41, 5.74) is 6.21. The topological polar surface area (TPSA) is 59.0 Å². The van der Waals surface area contributed by atoms with Crippen LogP contribution in [0.2, 0.25) is 5.02 Å². The lowest BCUT2D eigenvalue weighted by Crippen LogP contribution is -2.03. The highest BCUT2D eigenvalue weighted by molar-refractivity contribution is 6.31. The summed E-state index contributed by atoms with van der Waals surface area (Å²) in [5, 5.41) is 8.89. The summed E-state index contributed by atoms with van der Waals surface area (Å²) in [7, 11) is 0. The van der Waals surface area contributed by atoms with Crippen LogP contribution in [-0.2, 0) is 6.54 Å². The van der Waals surface area contributed by atoms with Crippen LogP contribution in [0.1, 0.15) is 5.56 Å². The first-order valence-electron chi connectivity index (χ1n) is 3.76. The van der Waals surface area contributed by atoms with E-state index in [9.17, 15) is 0 Å². The van der Waals surface area contributed by atoms with E-state index in [4.69, 9.17) is 27.3 Å². The molecule has 0 fully saturated rings. The van der Waals surface area contributed by atoms with Gasteiger partial charge in [-0.15, -0.1) is 0 Å². The predicted octanol–water partition coefficient (Wildman–Crippen LogP) is 1.70. The van der Waals surface area contributed by atoms with Crippen molar-refractivity contribution in [2.45, 2.75) is 6.54 Å². The molecule has 0 radical (unpaired) electrons. The Bertz CT molecular complexity index is 333. The summed E-state index contributed by atoms with van der Waals surface area (Å²) in [6.45, 7) is 0.313. The van der Waals surface area contributed by atoms with E-state index < -0.39 is 0 Å². The van der Waals surface area contributed by atoms with Crippen molar-refractivity contribution in [3.8, 4) is 11.8 Å². The van der Waals surface area contributed by atoms with Crippen LogP contribution < -0.4 is 10.5 Å². The Balaban J connectivity index is 2.93. The van der Waals surface area contributed by atoms with Crippen LogP contribution in [0.4, 0.5) is 0 Å². The zero-order chi connectivity index (χ0) is 9.68. The zero-order valence-electron chi connectivity index (χ0n) is 6.96. The van der Waals surface area contributed by atoms with Crippen molar-refractivity contribution in [1.29, 1.82) is 5.26 Å². The van der Waals surface area contributed by atoms with Gasteiger partial charge in [-0.2, -0.15) is 5.26 Å². The summed E-state index contributed by atoms with van der Waals surface area (Å²) in [5.74, 6) is 0.580. The lowest BCUT2D eigenvalue weighted by Gasteiger charge is -2.08. The molecule has 0 saturated heterocycles. The van der Waals surface area contributed by atoms with E-state index in [0.29, 0.717) is 17.3 Å². The minimum atomic E-state index is 0.00728. The second-order valence-corrected chi connectivity index (χ2v) is 2.77. The van der Waals surface area contributed by atoms with Crippen molar-refractivity contribution in [1.82, 2.24) is 0 Å². The van der Waals surface area contributed by atoms with Crippen LogP contribution in [0.3, 0.4) is 0 Å². The highest BCUT2D eigenvalue weighted by Crippen LogP contribution is 2.25. The molecule has 1 rings (SSSR count). The van der Waals surface area contributed by atoms with Gasteiger partial charge in [-0.1, -0.05) is 17.7 Å². The van der Waals surface area contributed by atoms with E-state index in [-0.39, 0.29) is 6.61 Å². The molecular weight excluding hydrogens is 188 g/mol. The highest BCUT2D eigenvalue weighted by atomic mass is 35.5. The van der Waals surface area contributed by atoms with Gasteiger partial charge >= 0.3 is 0 Å². The molecule has 0 aliphatic heterocycles. The smallest absolute Gasteiger partial charge is 0.174 e. The molecule has 0 aliphatic carbocycles. The Morgan fingerprint density at radius 3 is 2.92 bits per heavy atom. The molecule has 68 valence electrons. The number of hydrogen-bond donors (Lipinski definition) is 1. The van der Waals surface area contributed by atoms with Gasteiger partial charge in [0.1, 0.15) is 11.8 Å². The van der Waals surface area contributed by atoms with Gasteiger partial charge in [-0.3, -0.25) is 0 Å². The maximum atomic E-state index is 8.32. The number of halogens is 1. The first kappa shape index (κ1) is 9.85. The van der Waals surface area contributed by atoms with Crippen LogP contribution in [0.25, 0.3) is 0 Å². The van der Waals surface area contributed by atoms with Crippen LogP contribution in [0.5, 0.6) is 5.75 Å². The quantitative estimate of drug-likeness (QED) is 0.801. The fourth-order valence-electron chi connectivity index (χ4n) is 0.982. The SMILES string of the molecule is N#CCOc1cccc(Cl)c1CN. The van der Waals surface area contributed by atoms with Crippen molar-refractivity contribution < 1.29 is 4.74 Å². The third-order valence-electron chi connectivity index (χ3n) is 1.57. The van der Waals surface area contributed by atoms with Gasteiger partial charge in [0.15, 0.2) is 6.61 Å². The minimum absolute atomic E-state index is 0.00728. The number of nitrogens with zero attached hydrogens (tertiary/aromatic N) is 1. The fraction of sp³-hybridized carbons (Fsp3) is 0.222. The molecule has 1 aromatic rings. The van der Waals surface area contributed by atoms with Crippen LogP contribution in [-0.4, -0.2) is 6.61 Å². The van der Waals surface area contributed by atoms with Crippen LogP contribution >= 0.6 is 11.6 Å². The lowest BCUT2D eigenvalue weighted by molar-refractivity contribution is 0.364. The number of nitriles is 1. The van der Waals surface area contributed by atoms with E-state index in [2.05, 4.69) is 0 Å². The van der Waals surface area contributed by atoms with Crippen molar-refractivity contribution in [3.63, 3.8) is 0 Å². The number of nitrogens with two attached hydrogens (primary N) is 1. The third-order valence-corrected chi connectivity index (χ3v) is 1.93. The predicted molar refractivity (Wildman–Crippen MR) is 50.5 cm³/mol. The monoisotopic (exact) mass is 196 g/mol. The summed E-state index contributed by atoms with van der Waals surface area (Å²) in [4.78, 5) is 0. The van der Waals surface area contributed by atoms with Crippen LogP contribution in [0.15, 0.2) is 18.2 Å². The van der Waals surface area contributed by atoms with Crippen molar-refractivity contribution in [2.24, 2.45) is 5.73 Å². The van der Waals surface area contributed by atoms with E-state index in [1.807, 2.05) is 6.07 Å². The highest BCUT2D eigenvalue weighted by Gasteiger charge is 2.05. The van der Waals surface area contributed by atoms with E-state index >= 15 is 0 Å². The summed E-state index contributed by atoms with van der Waals surface area (Å²) >= 11 is 5.87. The Morgan fingerprint density at radius 1 is 1.54 bits per heavy atom. The van der Waals surface area contributed by atoms with Gasteiger partial charge < -0.3 is 10.5 Å². The van der Waals surface area contributed by atoms with Gasteiger partial charge in [0.05, 0.1) is 0 Å². The second-order valence-electron chi connectivity index (χ2n) is 2.37. The van der Waals surface area contributed by atoms with E-state index in [1.54, 1.807) is 18.2 Å². The Hall–Kier alpha value is -1.24. The molecule has 0 aliphatic rings. The van der Waals surface area contributed by atoms with Gasteiger partial charge in [0.25, 0.3) is 0 Å². The number of ether oxygens (including phenoxy) is 1. The maximum Gasteiger partial charge on any atom is 0.174 e. The molecule has 13 heavy (non-hydrogen) atoms. The van der Waals surface area contributed by atoms with Gasteiger partial charge in [-0.25, -0.2) is 0 Å². The van der Waals surface area contributed by atoms with E-state index in [0.717, 1.165) is 5.56 Å². The molecule has 0 atom stereocenters. The van der Waals surface area contributed by atoms with Crippen molar-refractivity contribution >= 4 is 11.6 Å². The lowest BCUT2D eigenvalue weighted by atomic mass is 10.2. The van der Waals surface area contributed by atoms with Crippen molar-refractivity contribution in [3.05, 3.63) is 28.8 Å². The molecule has 3 nitrogen and oxygen atoms in total. The standard InChI is InChI=1S/C9H9ClN2O/c10-8-2-1-3-9(7(8)6-12)13-5-4-11/h1-3H,5-6,12H2. The molecule has 0 saturated carbocycles. The summed E-state index contributed by atoms with van der Waals surface area (Å²) < 4.78 is 5.13. The Kier molecular flexibility index (Phi) is 3.56. The van der Waals surface area contributed by atoms with Gasteiger partial charge in [0, 0.05) is 17.1 Å². The first-order chi connectivity index (χ1) is 6.29. The van der Waals surface area contributed by atoms with Gasteiger partial charge in [-0.05, 0) is 12.1 Å². The summed E-state index contributed by atoms with van der Waals surface area (Å²) in [6.07, 6.45) is 0. The zero-order valence-corrected chi connectivity index (χ0v) is 7.71. The molecule has 0 unspecified atom stereocenters. The Labute approximate surface area is 81.7 Å². The Morgan fingerprint density at radius 2 is 2.31 bits per heavy atom. The first-order valence-corrected chi connectivity index (χ1v) is 4.14. The van der Waals surface area contributed by atoms with Crippen molar-refractivity contribution in [2.75, 3.05) is 6.61 Å². The third kappa shape index (κ3) is 2.35. The number of rotatable bonds is 3. The van der Waals surface area contributed by atoms with Gasteiger partial charge in [0.2, 0.25) is 0 Å². The molecule has 2 N–H and O–H groups in total. The molecule has 0 bridgehead atoms.